The molecule has 0 aliphatic heterocycles. The lowest BCUT2D eigenvalue weighted by molar-refractivity contribution is -0.135. The summed E-state index contributed by atoms with van der Waals surface area (Å²) in [5, 5.41) is 14.8. The van der Waals surface area contributed by atoms with Crippen molar-refractivity contribution in [1.82, 2.24) is 41.5 Å². The summed E-state index contributed by atoms with van der Waals surface area (Å²) in [7, 11) is 0. The van der Waals surface area contributed by atoms with Crippen LogP contribution in [-0.2, 0) is 54.5 Å². The van der Waals surface area contributed by atoms with Crippen molar-refractivity contribution in [3.05, 3.63) is 162 Å². The second-order valence-corrected chi connectivity index (χ2v) is 17.1. The van der Waals surface area contributed by atoms with Crippen LogP contribution in [-0.4, -0.2) is 98.9 Å². The molecule has 4 aromatic carbocycles. The minimum Gasteiger partial charge on any atom is -0.370 e. The minimum absolute atomic E-state index is 0.00876. The van der Waals surface area contributed by atoms with Crippen LogP contribution >= 0.6 is 0 Å². The van der Waals surface area contributed by atoms with E-state index in [1.54, 1.807) is 97.2 Å². The Morgan fingerprint density at radius 1 is 0.549 bits per heavy atom. The van der Waals surface area contributed by atoms with Crippen LogP contribution in [0.25, 0.3) is 10.9 Å². The summed E-state index contributed by atoms with van der Waals surface area (Å²) in [6, 6.07) is 27.9. The van der Waals surface area contributed by atoms with E-state index in [9.17, 15) is 33.6 Å². The van der Waals surface area contributed by atoms with E-state index in [0.717, 1.165) is 16.5 Å². The number of guanidine groups is 1. The number of carbonyl (C=O) groups is 7. The van der Waals surface area contributed by atoms with Crippen LogP contribution in [0.4, 0.5) is 0 Å². The van der Waals surface area contributed by atoms with Gasteiger partial charge in [0.2, 0.25) is 35.4 Å². The number of imidazole rings is 1. The van der Waals surface area contributed by atoms with Gasteiger partial charge in [-0.25, -0.2) is 4.98 Å². The third-order valence-corrected chi connectivity index (χ3v) is 11.7. The standard InChI is InChI=1S/C52H60N12O7/c53-47(67)41(28-36-30-58-39-21-11-10-20-38(36)39)62-48(68)40(22-13-25-57-52(54)55)61-49(69)42(26-33-14-4-1-5-15-33)63-50(70)43(27-34-16-6-2-7-17-34)64-51(71)44(29-37-31-56-32-59-37)60-46(66)24-12-23-45(65)35-18-8-3-9-19-35/h1-11,14-21,30-32,40-44,58H,12-13,22-29H2,(H2,53,67)(H,56,59)(H,60,66)(H,61,69)(H,62,68)(H,63,70)(H,64,71)(H4,54,55,57)/t40-,41-,42-,43-,44-/m0/s1. The van der Waals surface area contributed by atoms with Crippen LogP contribution in [0.1, 0.15) is 64.8 Å². The van der Waals surface area contributed by atoms with Crippen molar-refractivity contribution >= 4 is 58.1 Å². The van der Waals surface area contributed by atoms with Gasteiger partial charge in [-0.2, -0.15) is 0 Å². The normalized spacial score (nSPS) is 13.1. The van der Waals surface area contributed by atoms with Crippen molar-refractivity contribution in [1.29, 1.82) is 0 Å². The van der Waals surface area contributed by atoms with Gasteiger partial charge < -0.3 is 53.8 Å². The number of primary amides is 1. The smallest absolute Gasteiger partial charge is 0.243 e. The largest absolute Gasteiger partial charge is 0.370 e. The quantitative estimate of drug-likeness (QED) is 0.0155. The number of hydrogen-bond donors (Lipinski definition) is 10. The summed E-state index contributed by atoms with van der Waals surface area (Å²) in [6.45, 7) is 0.122. The summed E-state index contributed by atoms with van der Waals surface area (Å²) in [5.41, 5.74) is 20.9. The monoisotopic (exact) mass is 964 g/mol. The Balaban J connectivity index is 1.21. The average molecular weight is 965 g/mol. The molecule has 19 nitrogen and oxygen atoms in total. The first-order chi connectivity index (χ1) is 34.3. The second kappa shape index (κ2) is 26.2. The van der Waals surface area contributed by atoms with E-state index in [2.05, 4.69) is 46.5 Å². The summed E-state index contributed by atoms with van der Waals surface area (Å²) < 4.78 is 0. The number of H-pyrrole nitrogens is 2. The van der Waals surface area contributed by atoms with E-state index in [1.807, 2.05) is 24.3 Å². The van der Waals surface area contributed by atoms with E-state index >= 15 is 0 Å². The molecule has 0 radical (unpaired) electrons. The lowest BCUT2D eigenvalue weighted by atomic mass is 10.0. The molecular formula is C52H60N12O7. The molecule has 0 spiro atoms. The molecule has 370 valence electrons. The van der Waals surface area contributed by atoms with Gasteiger partial charge in [-0.05, 0) is 42.0 Å². The van der Waals surface area contributed by atoms with Gasteiger partial charge in [0.25, 0.3) is 0 Å². The fraction of sp³-hybridized carbons (Fsp3) is 0.288. The molecule has 0 aliphatic rings. The number of Topliss-reactive ketones (excluding diaryl/α,β-unsaturated/α-hetero) is 1. The van der Waals surface area contributed by atoms with Crippen molar-refractivity contribution < 1.29 is 33.6 Å². The van der Waals surface area contributed by atoms with Crippen molar-refractivity contribution in [2.45, 2.75) is 88.0 Å². The van der Waals surface area contributed by atoms with Crippen LogP contribution in [0, 0.1) is 0 Å². The highest BCUT2D eigenvalue weighted by atomic mass is 16.2. The van der Waals surface area contributed by atoms with Crippen molar-refractivity contribution in [2.75, 3.05) is 6.54 Å². The number of aromatic nitrogens is 3. The fourth-order valence-electron chi connectivity index (χ4n) is 7.99. The van der Waals surface area contributed by atoms with Crippen LogP contribution < -0.4 is 43.8 Å². The topological polar surface area (TPSA) is 315 Å². The summed E-state index contributed by atoms with van der Waals surface area (Å²) in [6.07, 6.45) is 5.27. The Kier molecular flexibility index (Phi) is 19.1. The number of ketones is 1. The highest BCUT2D eigenvalue weighted by molar-refractivity contribution is 5.98. The Labute approximate surface area is 410 Å². The van der Waals surface area contributed by atoms with Gasteiger partial charge in [0.15, 0.2) is 11.7 Å². The predicted molar refractivity (Wildman–Crippen MR) is 268 cm³/mol. The molecule has 71 heavy (non-hydrogen) atoms. The van der Waals surface area contributed by atoms with Crippen LogP contribution in [0.5, 0.6) is 0 Å². The van der Waals surface area contributed by atoms with Gasteiger partial charge in [0.1, 0.15) is 30.2 Å². The lowest BCUT2D eigenvalue weighted by Crippen LogP contribution is -2.60. The van der Waals surface area contributed by atoms with Crippen molar-refractivity contribution in [3.8, 4) is 0 Å². The maximum atomic E-state index is 14.6. The molecule has 5 atom stereocenters. The third kappa shape index (κ3) is 16.3. The highest BCUT2D eigenvalue weighted by Gasteiger charge is 2.33. The highest BCUT2D eigenvalue weighted by Crippen LogP contribution is 2.19. The van der Waals surface area contributed by atoms with Crippen molar-refractivity contribution in [3.63, 3.8) is 0 Å². The Morgan fingerprint density at radius 3 is 1.66 bits per heavy atom. The third-order valence-electron chi connectivity index (χ3n) is 11.7. The number of nitrogens with zero attached hydrogens (tertiary/aromatic N) is 2. The molecule has 0 aliphatic carbocycles. The van der Waals surface area contributed by atoms with Crippen LogP contribution in [0.15, 0.2) is 139 Å². The Bertz CT molecular complexity index is 2740. The molecule has 13 N–H and O–H groups in total. The molecule has 6 amide bonds. The van der Waals surface area contributed by atoms with Gasteiger partial charge >= 0.3 is 0 Å². The van der Waals surface area contributed by atoms with E-state index in [0.29, 0.717) is 22.4 Å². The number of hydrogen-bond acceptors (Lipinski definition) is 9. The average Bonchev–Trinajstić information content (AvgIpc) is 4.04. The van der Waals surface area contributed by atoms with Gasteiger partial charge in [-0.1, -0.05) is 109 Å². The first-order valence-corrected chi connectivity index (χ1v) is 23.4. The van der Waals surface area contributed by atoms with E-state index in [4.69, 9.17) is 17.2 Å². The Morgan fingerprint density at radius 2 is 1.08 bits per heavy atom. The molecule has 0 saturated carbocycles. The van der Waals surface area contributed by atoms with Gasteiger partial charge in [-0.15, -0.1) is 0 Å². The number of carbonyl (C=O) groups excluding carboxylic acids is 7. The number of nitrogens with one attached hydrogen (secondary N) is 7. The summed E-state index contributed by atoms with van der Waals surface area (Å²) in [5.74, 6) is -4.42. The molecule has 0 saturated heterocycles. The molecule has 6 aromatic rings. The number of amides is 6. The molecule has 0 unspecified atom stereocenters. The number of aromatic amines is 2. The number of rotatable bonds is 27. The lowest BCUT2D eigenvalue weighted by Gasteiger charge is -2.27. The molecule has 0 bridgehead atoms. The van der Waals surface area contributed by atoms with E-state index in [1.165, 1.54) is 12.5 Å². The summed E-state index contributed by atoms with van der Waals surface area (Å²) >= 11 is 0. The molecule has 2 heterocycles. The number of benzene rings is 4. The first-order valence-electron chi connectivity index (χ1n) is 23.4. The zero-order chi connectivity index (χ0) is 50.5. The van der Waals surface area contributed by atoms with Gasteiger partial charge in [0, 0.05) is 79.6 Å². The van der Waals surface area contributed by atoms with Crippen LogP contribution in [0.3, 0.4) is 0 Å². The van der Waals surface area contributed by atoms with Gasteiger partial charge in [-0.3, -0.25) is 38.6 Å². The zero-order valence-electron chi connectivity index (χ0n) is 39.1. The minimum atomic E-state index is -1.30. The SMILES string of the molecule is NC(=O)[C@H](Cc1c[nH]c2ccccc12)NC(=O)[C@H](CCCN=C(N)N)NC(=O)[C@H](Cc1ccccc1)NC(=O)[C@H](Cc1ccccc1)NC(=O)[C@H](Cc1cnc[nH]1)NC(=O)CCCC(=O)c1ccccc1. The summed E-state index contributed by atoms with van der Waals surface area (Å²) in [4.78, 5) is 111. The van der Waals surface area contributed by atoms with E-state index in [-0.39, 0.29) is 76.1 Å². The molecule has 0 fully saturated rings. The predicted octanol–water partition coefficient (Wildman–Crippen LogP) is 2.18. The molecule has 6 rings (SSSR count). The maximum Gasteiger partial charge on any atom is 0.243 e. The second-order valence-electron chi connectivity index (χ2n) is 17.1. The maximum absolute atomic E-state index is 14.6. The first kappa shape index (κ1) is 51.8. The number of fused-ring (bicyclic) bond motifs is 1. The number of para-hydroxylation sites is 1. The van der Waals surface area contributed by atoms with E-state index < -0.39 is 65.7 Å². The molecule has 2 aromatic heterocycles. The molecule has 19 heteroatoms. The van der Waals surface area contributed by atoms with Crippen molar-refractivity contribution in [2.24, 2.45) is 22.2 Å². The van der Waals surface area contributed by atoms with Crippen LogP contribution in [0.2, 0.25) is 0 Å². The zero-order valence-corrected chi connectivity index (χ0v) is 39.1. The number of nitrogens with two attached hydrogens (primary N) is 3. The fourth-order valence-corrected chi connectivity index (χ4v) is 7.99. The Hall–Kier alpha value is -8.61. The number of aliphatic imine (C=N–C) groups is 1. The molecular weight excluding hydrogens is 905 g/mol. The van der Waals surface area contributed by atoms with Gasteiger partial charge in [0.05, 0.1) is 6.33 Å².